The minimum atomic E-state index is -1.09. The molecule has 110 valence electrons. The molecule has 0 saturated carbocycles. The summed E-state index contributed by atoms with van der Waals surface area (Å²) in [7, 11) is 1.67. The third kappa shape index (κ3) is 4.70. The number of carboxylic acids is 1. The van der Waals surface area contributed by atoms with Gasteiger partial charge in [0.2, 0.25) is 5.91 Å². The molecule has 0 aliphatic rings. The Bertz CT molecular complexity index is 506. The van der Waals surface area contributed by atoms with Gasteiger partial charge in [-0.1, -0.05) is 25.4 Å². The molecule has 0 aliphatic heterocycles. The van der Waals surface area contributed by atoms with Gasteiger partial charge in [-0.3, -0.25) is 4.79 Å². The van der Waals surface area contributed by atoms with E-state index in [9.17, 15) is 9.59 Å². The second kappa shape index (κ2) is 7.09. The van der Waals surface area contributed by atoms with Crippen molar-refractivity contribution in [3.05, 3.63) is 22.8 Å². The number of halogens is 1. The van der Waals surface area contributed by atoms with E-state index in [0.717, 1.165) is 0 Å². The zero-order chi connectivity index (χ0) is 15.3. The second-order valence-corrected chi connectivity index (χ2v) is 5.30. The number of rotatable bonds is 6. The van der Waals surface area contributed by atoms with Gasteiger partial charge in [-0.05, 0) is 12.0 Å². The van der Waals surface area contributed by atoms with Gasteiger partial charge in [-0.25, -0.2) is 9.78 Å². The highest BCUT2D eigenvalue weighted by molar-refractivity contribution is 6.33. The molecule has 1 rings (SSSR count). The average Bonchev–Trinajstić information content (AvgIpc) is 2.35. The smallest absolute Gasteiger partial charge is 0.337 e. The molecule has 1 aromatic heterocycles. The van der Waals surface area contributed by atoms with E-state index in [0.29, 0.717) is 18.3 Å². The van der Waals surface area contributed by atoms with Gasteiger partial charge >= 0.3 is 5.97 Å². The number of hydrogen-bond acceptors (Lipinski definition) is 4. The molecule has 7 heteroatoms. The number of aromatic nitrogens is 1. The van der Waals surface area contributed by atoms with Crippen molar-refractivity contribution < 1.29 is 14.7 Å². The molecule has 0 unspecified atom stereocenters. The van der Waals surface area contributed by atoms with Crippen LogP contribution in [0.5, 0.6) is 0 Å². The lowest BCUT2D eigenvalue weighted by molar-refractivity contribution is -0.119. The Morgan fingerprint density at radius 3 is 2.65 bits per heavy atom. The van der Waals surface area contributed by atoms with Crippen LogP contribution in [0.2, 0.25) is 5.02 Å². The maximum atomic E-state index is 11.7. The van der Waals surface area contributed by atoms with Gasteiger partial charge < -0.3 is 15.3 Å². The van der Waals surface area contributed by atoms with Crippen molar-refractivity contribution in [1.82, 2.24) is 10.3 Å². The zero-order valence-corrected chi connectivity index (χ0v) is 12.4. The topological polar surface area (TPSA) is 82.5 Å². The van der Waals surface area contributed by atoms with Crippen LogP contribution in [0.15, 0.2) is 12.3 Å². The molecular formula is C13H18ClN3O3. The van der Waals surface area contributed by atoms with Crippen LogP contribution in [0.25, 0.3) is 0 Å². The highest BCUT2D eigenvalue weighted by atomic mass is 35.5. The lowest BCUT2D eigenvalue weighted by Gasteiger charge is -2.19. The number of carbonyl (C=O) groups is 2. The van der Waals surface area contributed by atoms with Crippen molar-refractivity contribution in [2.45, 2.75) is 13.8 Å². The molecule has 0 radical (unpaired) electrons. The minimum Gasteiger partial charge on any atom is -0.478 e. The van der Waals surface area contributed by atoms with Crippen LogP contribution in [0.3, 0.4) is 0 Å². The standard InChI is InChI=1S/C13H18ClN3O3/c1-8(2)5-15-11(18)7-17(3)12-10(14)4-9(6-16-12)13(19)20/h4,6,8H,5,7H2,1-3H3,(H,15,18)(H,19,20). The Balaban J connectivity index is 2.70. The minimum absolute atomic E-state index is 0.0106. The number of nitrogens with zero attached hydrogens (tertiary/aromatic N) is 2. The Labute approximate surface area is 122 Å². The molecular weight excluding hydrogens is 282 g/mol. The van der Waals surface area contributed by atoms with Crippen molar-refractivity contribution in [3.63, 3.8) is 0 Å². The van der Waals surface area contributed by atoms with E-state index < -0.39 is 5.97 Å². The summed E-state index contributed by atoms with van der Waals surface area (Å²) in [5.41, 5.74) is 0.0106. The van der Waals surface area contributed by atoms with Crippen LogP contribution in [0.1, 0.15) is 24.2 Å². The Hall–Kier alpha value is -1.82. The molecule has 1 aromatic rings. The molecule has 0 fully saturated rings. The van der Waals surface area contributed by atoms with Crippen molar-refractivity contribution in [2.24, 2.45) is 5.92 Å². The molecule has 0 atom stereocenters. The number of likely N-dealkylation sites (N-methyl/N-ethyl adjacent to an activating group) is 1. The first-order chi connectivity index (χ1) is 9.31. The van der Waals surface area contributed by atoms with E-state index in [1.165, 1.54) is 12.3 Å². The summed E-state index contributed by atoms with van der Waals surface area (Å²) < 4.78 is 0. The summed E-state index contributed by atoms with van der Waals surface area (Å²) >= 11 is 5.98. The number of nitrogens with one attached hydrogen (secondary N) is 1. The highest BCUT2D eigenvalue weighted by Crippen LogP contribution is 2.22. The molecule has 0 saturated heterocycles. The molecule has 1 heterocycles. The van der Waals surface area contributed by atoms with E-state index in [2.05, 4.69) is 10.3 Å². The maximum absolute atomic E-state index is 11.7. The van der Waals surface area contributed by atoms with Crippen LogP contribution in [-0.2, 0) is 4.79 Å². The predicted octanol–water partition coefficient (Wildman–Crippen LogP) is 1.64. The van der Waals surface area contributed by atoms with Gasteiger partial charge in [0.25, 0.3) is 0 Å². The van der Waals surface area contributed by atoms with Crippen molar-refractivity contribution in [3.8, 4) is 0 Å². The largest absolute Gasteiger partial charge is 0.478 e. The molecule has 0 spiro atoms. The Morgan fingerprint density at radius 2 is 2.15 bits per heavy atom. The van der Waals surface area contributed by atoms with E-state index in [-0.39, 0.29) is 23.0 Å². The SMILES string of the molecule is CC(C)CNC(=O)CN(C)c1ncc(C(=O)O)cc1Cl. The Kier molecular flexibility index (Phi) is 5.76. The molecule has 20 heavy (non-hydrogen) atoms. The first kappa shape index (κ1) is 16.2. The van der Waals surface area contributed by atoms with Crippen LogP contribution in [0.4, 0.5) is 5.82 Å². The lowest BCUT2D eigenvalue weighted by Crippen LogP contribution is -2.37. The summed E-state index contributed by atoms with van der Waals surface area (Å²) in [6.07, 6.45) is 1.21. The molecule has 0 aromatic carbocycles. The number of carboxylic acid groups (broad SMARTS) is 1. The summed E-state index contributed by atoms with van der Waals surface area (Å²) in [6.45, 7) is 4.72. The van der Waals surface area contributed by atoms with Gasteiger partial charge in [0.15, 0.2) is 0 Å². The van der Waals surface area contributed by atoms with Crippen molar-refractivity contribution in [2.75, 3.05) is 25.0 Å². The summed E-state index contributed by atoms with van der Waals surface area (Å²) in [4.78, 5) is 28.0. The monoisotopic (exact) mass is 299 g/mol. The molecule has 1 amide bonds. The van der Waals surface area contributed by atoms with E-state index in [1.54, 1.807) is 11.9 Å². The third-order valence-corrected chi connectivity index (χ3v) is 2.80. The number of anilines is 1. The Morgan fingerprint density at radius 1 is 1.50 bits per heavy atom. The van der Waals surface area contributed by atoms with Crippen LogP contribution in [0, 0.1) is 5.92 Å². The van der Waals surface area contributed by atoms with Crippen LogP contribution in [-0.4, -0.2) is 42.1 Å². The second-order valence-electron chi connectivity index (χ2n) is 4.89. The first-order valence-corrected chi connectivity index (χ1v) is 6.55. The van der Waals surface area contributed by atoms with Crippen molar-refractivity contribution >= 4 is 29.3 Å². The number of amides is 1. The molecule has 0 bridgehead atoms. The fraction of sp³-hybridized carbons (Fsp3) is 0.462. The van der Waals surface area contributed by atoms with Crippen molar-refractivity contribution in [1.29, 1.82) is 0 Å². The molecule has 2 N–H and O–H groups in total. The number of carbonyl (C=O) groups excluding carboxylic acids is 1. The van der Waals surface area contributed by atoms with E-state index in [4.69, 9.17) is 16.7 Å². The van der Waals surface area contributed by atoms with Gasteiger partial charge in [-0.2, -0.15) is 0 Å². The quantitative estimate of drug-likeness (QED) is 0.834. The van der Waals surface area contributed by atoms with Gasteiger partial charge in [0.05, 0.1) is 17.1 Å². The van der Waals surface area contributed by atoms with E-state index in [1.807, 2.05) is 13.8 Å². The summed E-state index contributed by atoms with van der Waals surface area (Å²) in [5, 5.41) is 11.8. The number of aromatic carboxylic acids is 1. The van der Waals surface area contributed by atoms with Gasteiger partial charge in [0.1, 0.15) is 5.82 Å². The normalized spacial score (nSPS) is 10.4. The molecule has 6 nitrogen and oxygen atoms in total. The first-order valence-electron chi connectivity index (χ1n) is 6.18. The number of pyridine rings is 1. The summed E-state index contributed by atoms with van der Waals surface area (Å²) in [5.74, 6) is -0.484. The third-order valence-electron chi connectivity index (χ3n) is 2.52. The summed E-state index contributed by atoms with van der Waals surface area (Å²) in [6, 6.07) is 1.31. The van der Waals surface area contributed by atoms with Crippen LogP contribution >= 0.6 is 11.6 Å². The fourth-order valence-corrected chi connectivity index (χ4v) is 1.80. The van der Waals surface area contributed by atoms with Crippen LogP contribution < -0.4 is 10.2 Å². The van der Waals surface area contributed by atoms with Gasteiger partial charge in [-0.15, -0.1) is 0 Å². The fourth-order valence-electron chi connectivity index (χ4n) is 1.49. The predicted molar refractivity (Wildman–Crippen MR) is 77.3 cm³/mol. The number of hydrogen-bond donors (Lipinski definition) is 2. The zero-order valence-electron chi connectivity index (χ0n) is 11.7. The molecule has 0 aliphatic carbocycles. The maximum Gasteiger partial charge on any atom is 0.337 e. The highest BCUT2D eigenvalue weighted by Gasteiger charge is 2.14. The lowest BCUT2D eigenvalue weighted by atomic mass is 10.2. The van der Waals surface area contributed by atoms with Gasteiger partial charge in [0, 0.05) is 19.8 Å². The average molecular weight is 300 g/mol. The van der Waals surface area contributed by atoms with E-state index >= 15 is 0 Å².